The van der Waals surface area contributed by atoms with Crippen molar-refractivity contribution in [3.8, 4) is 5.75 Å². The molecule has 2 aromatic rings. The van der Waals surface area contributed by atoms with Crippen LogP contribution in [0.2, 0.25) is 0 Å². The third-order valence-electron chi connectivity index (χ3n) is 3.76. The Hall–Kier alpha value is -1.97. The molecule has 19 heavy (non-hydrogen) atoms. The Balaban J connectivity index is 1.93. The molecule has 2 N–H and O–H groups in total. The Morgan fingerprint density at radius 1 is 1.32 bits per heavy atom. The van der Waals surface area contributed by atoms with E-state index in [4.69, 9.17) is 10.5 Å². The van der Waals surface area contributed by atoms with Crippen LogP contribution in [-0.2, 0) is 19.4 Å². The summed E-state index contributed by atoms with van der Waals surface area (Å²) in [5, 5.41) is 0. The fraction of sp³-hybridized carbons (Fsp3) is 0.400. The standard InChI is InChI=1S/C15H19N3O/c1-19-15-7-6-12(16)8-11(15)9-18-10-17-13-4-2-3-5-14(13)18/h6-8,10H,2-5,9,16H2,1H3. The molecule has 0 spiro atoms. The maximum atomic E-state index is 5.87. The topological polar surface area (TPSA) is 53.1 Å². The number of nitrogen functional groups attached to an aromatic ring is 1. The lowest BCUT2D eigenvalue weighted by molar-refractivity contribution is 0.408. The lowest BCUT2D eigenvalue weighted by atomic mass is 10.0. The lowest BCUT2D eigenvalue weighted by Gasteiger charge is -2.15. The number of hydrogen-bond donors (Lipinski definition) is 1. The number of nitrogens with zero attached hydrogens (tertiary/aromatic N) is 2. The summed E-state index contributed by atoms with van der Waals surface area (Å²) in [4.78, 5) is 4.52. The van der Waals surface area contributed by atoms with Gasteiger partial charge in [0.05, 0.1) is 25.7 Å². The average Bonchev–Trinajstić information content (AvgIpc) is 2.83. The van der Waals surface area contributed by atoms with Crippen LogP contribution < -0.4 is 10.5 Å². The van der Waals surface area contributed by atoms with E-state index in [9.17, 15) is 0 Å². The minimum atomic E-state index is 0.768. The number of benzene rings is 1. The predicted octanol–water partition coefficient (Wildman–Crippen LogP) is 2.40. The minimum Gasteiger partial charge on any atom is -0.496 e. The van der Waals surface area contributed by atoms with Crippen LogP contribution >= 0.6 is 0 Å². The Labute approximate surface area is 113 Å². The SMILES string of the molecule is COc1ccc(N)cc1Cn1cnc2c1CCCC2. The van der Waals surface area contributed by atoms with Gasteiger partial charge in [0, 0.05) is 16.9 Å². The summed E-state index contributed by atoms with van der Waals surface area (Å²) in [6.45, 7) is 0.774. The van der Waals surface area contributed by atoms with Crippen molar-refractivity contribution in [1.29, 1.82) is 0 Å². The fourth-order valence-corrected chi connectivity index (χ4v) is 2.77. The highest BCUT2D eigenvalue weighted by atomic mass is 16.5. The molecule has 0 atom stereocenters. The Bertz CT molecular complexity index is 589. The summed E-state index contributed by atoms with van der Waals surface area (Å²) in [5.74, 6) is 0.882. The molecule has 1 heterocycles. The van der Waals surface area contributed by atoms with Gasteiger partial charge in [-0.1, -0.05) is 0 Å². The fourth-order valence-electron chi connectivity index (χ4n) is 2.77. The molecule has 0 unspecified atom stereocenters. The van der Waals surface area contributed by atoms with E-state index in [0.717, 1.165) is 36.4 Å². The van der Waals surface area contributed by atoms with Crippen LogP contribution in [0.25, 0.3) is 0 Å². The van der Waals surface area contributed by atoms with Crippen molar-refractivity contribution in [3.05, 3.63) is 41.5 Å². The van der Waals surface area contributed by atoms with Gasteiger partial charge >= 0.3 is 0 Å². The third kappa shape index (κ3) is 2.30. The highest BCUT2D eigenvalue weighted by Gasteiger charge is 2.16. The first kappa shape index (κ1) is 12.1. The Morgan fingerprint density at radius 2 is 2.16 bits per heavy atom. The number of imidazole rings is 1. The minimum absolute atomic E-state index is 0.768. The average molecular weight is 257 g/mol. The molecule has 1 aliphatic carbocycles. The smallest absolute Gasteiger partial charge is 0.124 e. The number of hydrogen-bond acceptors (Lipinski definition) is 3. The van der Waals surface area contributed by atoms with Crippen molar-refractivity contribution < 1.29 is 4.74 Å². The quantitative estimate of drug-likeness (QED) is 0.859. The van der Waals surface area contributed by atoms with Crippen molar-refractivity contribution in [2.45, 2.75) is 32.2 Å². The van der Waals surface area contributed by atoms with Crippen molar-refractivity contribution in [2.75, 3.05) is 12.8 Å². The van der Waals surface area contributed by atoms with E-state index in [2.05, 4.69) is 9.55 Å². The Morgan fingerprint density at radius 3 is 3.00 bits per heavy atom. The van der Waals surface area contributed by atoms with E-state index in [-0.39, 0.29) is 0 Å². The molecule has 0 saturated heterocycles. The monoisotopic (exact) mass is 257 g/mol. The second-order valence-electron chi connectivity index (χ2n) is 5.04. The molecule has 4 nitrogen and oxygen atoms in total. The number of fused-ring (bicyclic) bond motifs is 1. The van der Waals surface area contributed by atoms with E-state index in [1.807, 2.05) is 24.5 Å². The van der Waals surface area contributed by atoms with Crippen LogP contribution in [0.5, 0.6) is 5.75 Å². The molecule has 0 fully saturated rings. The molecule has 1 aliphatic rings. The molecule has 1 aromatic heterocycles. The van der Waals surface area contributed by atoms with E-state index in [1.54, 1.807) is 7.11 Å². The molecule has 0 bridgehead atoms. The first-order chi connectivity index (χ1) is 9.28. The van der Waals surface area contributed by atoms with E-state index >= 15 is 0 Å². The van der Waals surface area contributed by atoms with Gasteiger partial charge in [-0.2, -0.15) is 0 Å². The number of methoxy groups -OCH3 is 1. The zero-order valence-corrected chi connectivity index (χ0v) is 11.2. The van der Waals surface area contributed by atoms with Gasteiger partial charge in [-0.3, -0.25) is 0 Å². The van der Waals surface area contributed by atoms with Crippen molar-refractivity contribution in [3.63, 3.8) is 0 Å². The van der Waals surface area contributed by atoms with Crippen LogP contribution in [-0.4, -0.2) is 16.7 Å². The zero-order valence-electron chi connectivity index (χ0n) is 11.2. The summed E-state index contributed by atoms with van der Waals surface area (Å²) < 4.78 is 7.63. The molecular weight excluding hydrogens is 238 g/mol. The van der Waals surface area contributed by atoms with Crippen LogP contribution in [0, 0.1) is 0 Å². The molecule has 0 saturated carbocycles. The summed E-state index contributed by atoms with van der Waals surface area (Å²) in [6, 6.07) is 5.77. The number of nitrogens with two attached hydrogens (primary N) is 1. The number of anilines is 1. The molecular formula is C15H19N3O. The first-order valence-electron chi connectivity index (χ1n) is 6.73. The van der Waals surface area contributed by atoms with Crippen LogP contribution in [0.3, 0.4) is 0 Å². The van der Waals surface area contributed by atoms with Crippen LogP contribution in [0.4, 0.5) is 5.69 Å². The van der Waals surface area contributed by atoms with Crippen molar-refractivity contribution in [1.82, 2.24) is 9.55 Å². The number of aromatic nitrogens is 2. The zero-order chi connectivity index (χ0) is 13.2. The van der Waals surface area contributed by atoms with Gasteiger partial charge < -0.3 is 15.0 Å². The largest absolute Gasteiger partial charge is 0.496 e. The summed E-state index contributed by atoms with van der Waals surface area (Å²) in [5.41, 5.74) is 10.4. The molecule has 4 heteroatoms. The molecule has 0 radical (unpaired) electrons. The van der Waals surface area contributed by atoms with E-state index < -0.39 is 0 Å². The van der Waals surface area contributed by atoms with Gasteiger partial charge in [0.2, 0.25) is 0 Å². The maximum Gasteiger partial charge on any atom is 0.124 e. The first-order valence-corrected chi connectivity index (χ1v) is 6.73. The Kier molecular flexibility index (Phi) is 3.15. The maximum absolute atomic E-state index is 5.87. The van der Waals surface area contributed by atoms with Gasteiger partial charge in [-0.05, 0) is 43.9 Å². The summed E-state index contributed by atoms with van der Waals surface area (Å²) >= 11 is 0. The van der Waals surface area contributed by atoms with Gasteiger partial charge in [-0.25, -0.2) is 4.98 Å². The molecule has 3 rings (SSSR count). The lowest BCUT2D eigenvalue weighted by Crippen LogP contribution is -2.09. The molecule has 0 amide bonds. The predicted molar refractivity (Wildman–Crippen MR) is 75.4 cm³/mol. The summed E-state index contributed by atoms with van der Waals surface area (Å²) in [7, 11) is 1.69. The summed E-state index contributed by atoms with van der Waals surface area (Å²) in [6.07, 6.45) is 6.69. The van der Waals surface area contributed by atoms with Gasteiger partial charge in [0.1, 0.15) is 5.75 Å². The van der Waals surface area contributed by atoms with Gasteiger partial charge in [-0.15, -0.1) is 0 Å². The van der Waals surface area contributed by atoms with Crippen molar-refractivity contribution >= 4 is 5.69 Å². The normalized spacial score (nSPS) is 14.2. The second kappa shape index (κ2) is 4.96. The second-order valence-corrected chi connectivity index (χ2v) is 5.04. The van der Waals surface area contributed by atoms with Crippen LogP contribution in [0.15, 0.2) is 24.5 Å². The van der Waals surface area contributed by atoms with Crippen molar-refractivity contribution in [2.24, 2.45) is 0 Å². The molecule has 1 aromatic carbocycles. The number of ether oxygens (including phenoxy) is 1. The third-order valence-corrected chi connectivity index (χ3v) is 3.76. The molecule has 100 valence electrons. The molecule has 0 aliphatic heterocycles. The highest BCUT2D eigenvalue weighted by molar-refractivity contribution is 5.48. The van der Waals surface area contributed by atoms with E-state index in [1.165, 1.54) is 24.2 Å². The van der Waals surface area contributed by atoms with Gasteiger partial charge in [0.25, 0.3) is 0 Å². The number of rotatable bonds is 3. The highest BCUT2D eigenvalue weighted by Crippen LogP contribution is 2.25. The van der Waals surface area contributed by atoms with E-state index in [0.29, 0.717) is 0 Å². The number of aryl methyl sites for hydroxylation is 1. The van der Waals surface area contributed by atoms with Crippen LogP contribution in [0.1, 0.15) is 29.8 Å². The van der Waals surface area contributed by atoms with Gasteiger partial charge in [0.15, 0.2) is 0 Å².